The van der Waals surface area contributed by atoms with Crippen molar-refractivity contribution in [1.29, 1.82) is 0 Å². The number of nitrogens with two attached hydrogens (primary N) is 1. The van der Waals surface area contributed by atoms with E-state index in [0.717, 1.165) is 5.69 Å². The van der Waals surface area contributed by atoms with Crippen LogP contribution >= 0.6 is 0 Å². The van der Waals surface area contributed by atoms with Crippen LogP contribution in [0.4, 0.5) is 11.4 Å². The summed E-state index contributed by atoms with van der Waals surface area (Å²) in [5.74, 6) is 0.771. The zero-order chi connectivity index (χ0) is 14.5. The molecule has 106 valence electrons. The van der Waals surface area contributed by atoms with Crippen molar-refractivity contribution in [3.63, 3.8) is 0 Å². The lowest BCUT2D eigenvalue weighted by molar-refractivity contribution is 0.0601. The lowest BCUT2D eigenvalue weighted by atomic mass is 10.1. The summed E-state index contributed by atoms with van der Waals surface area (Å²) >= 11 is 0. The zero-order valence-corrected chi connectivity index (χ0v) is 11.3. The summed E-state index contributed by atoms with van der Waals surface area (Å²) in [6, 6.07) is 4.97. The number of rotatable bonds is 5. The van der Waals surface area contributed by atoms with Crippen molar-refractivity contribution in [3.05, 3.63) is 35.5 Å². The Morgan fingerprint density at radius 1 is 1.50 bits per heavy atom. The molecule has 1 aromatic carbocycles. The van der Waals surface area contributed by atoms with Crippen LogP contribution in [0.3, 0.4) is 0 Å². The van der Waals surface area contributed by atoms with Crippen LogP contribution in [0.1, 0.15) is 22.1 Å². The molecule has 20 heavy (non-hydrogen) atoms. The third kappa shape index (κ3) is 3.25. The predicted molar refractivity (Wildman–Crippen MR) is 73.4 cm³/mol. The van der Waals surface area contributed by atoms with Gasteiger partial charge in [0.25, 0.3) is 0 Å². The number of carbonyl (C=O) groups excluding carboxylic acids is 1. The predicted octanol–water partition coefficient (Wildman–Crippen LogP) is 1.40. The quantitative estimate of drug-likeness (QED) is 0.628. The number of anilines is 2. The van der Waals surface area contributed by atoms with E-state index >= 15 is 0 Å². The fourth-order valence-electron chi connectivity index (χ4n) is 1.72. The third-order valence-corrected chi connectivity index (χ3v) is 2.71. The fourth-order valence-corrected chi connectivity index (χ4v) is 1.72. The molecule has 2 aromatic rings. The summed E-state index contributed by atoms with van der Waals surface area (Å²) in [4.78, 5) is 15.5. The maximum absolute atomic E-state index is 11.4. The molecule has 0 unspecified atom stereocenters. The van der Waals surface area contributed by atoms with E-state index in [4.69, 9.17) is 10.3 Å². The van der Waals surface area contributed by atoms with Gasteiger partial charge < -0.3 is 20.3 Å². The zero-order valence-electron chi connectivity index (χ0n) is 11.3. The van der Waals surface area contributed by atoms with Gasteiger partial charge in [-0.2, -0.15) is 4.98 Å². The van der Waals surface area contributed by atoms with Crippen molar-refractivity contribution in [2.75, 3.05) is 24.7 Å². The molecule has 0 aliphatic carbocycles. The monoisotopic (exact) mass is 276 g/mol. The molecule has 1 heterocycles. The molecule has 0 saturated heterocycles. The first-order chi connectivity index (χ1) is 9.60. The van der Waals surface area contributed by atoms with Crippen molar-refractivity contribution in [1.82, 2.24) is 10.1 Å². The summed E-state index contributed by atoms with van der Waals surface area (Å²) in [5, 5.41) is 6.96. The lowest BCUT2D eigenvalue weighted by Gasteiger charge is -2.09. The molecule has 3 N–H and O–H groups in total. The minimum Gasteiger partial charge on any atom is -0.465 e. The highest BCUT2D eigenvalue weighted by Crippen LogP contribution is 2.20. The van der Waals surface area contributed by atoms with E-state index in [-0.39, 0.29) is 0 Å². The third-order valence-electron chi connectivity index (χ3n) is 2.71. The summed E-state index contributed by atoms with van der Waals surface area (Å²) in [5.41, 5.74) is 7.53. The van der Waals surface area contributed by atoms with Crippen molar-refractivity contribution in [2.45, 2.75) is 13.3 Å². The molecule has 1 aromatic heterocycles. The van der Waals surface area contributed by atoms with Crippen molar-refractivity contribution in [2.24, 2.45) is 0 Å². The Morgan fingerprint density at radius 3 is 2.90 bits per heavy atom. The largest absolute Gasteiger partial charge is 0.465 e. The molecule has 0 fully saturated rings. The van der Waals surface area contributed by atoms with Crippen molar-refractivity contribution in [3.8, 4) is 0 Å². The molecule has 2 rings (SSSR count). The number of methoxy groups -OCH3 is 1. The normalized spacial score (nSPS) is 10.3. The number of aryl methyl sites for hydroxylation is 1. The Morgan fingerprint density at radius 2 is 2.30 bits per heavy atom. The molecule has 0 amide bonds. The van der Waals surface area contributed by atoms with E-state index in [0.29, 0.717) is 35.9 Å². The van der Waals surface area contributed by atoms with Gasteiger partial charge in [0.2, 0.25) is 5.89 Å². The first-order valence-corrected chi connectivity index (χ1v) is 6.11. The van der Waals surface area contributed by atoms with Gasteiger partial charge in [0, 0.05) is 19.9 Å². The van der Waals surface area contributed by atoms with E-state index in [1.165, 1.54) is 7.11 Å². The topological polar surface area (TPSA) is 103 Å². The Labute approximate surface area is 116 Å². The number of benzene rings is 1. The van der Waals surface area contributed by atoms with Crippen molar-refractivity contribution < 1.29 is 14.1 Å². The highest BCUT2D eigenvalue weighted by Gasteiger charge is 2.08. The van der Waals surface area contributed by atoms with Crippen LogP contribution in [0.25, 0.3) is 0 Å². The first kappa shape index (κ1) is 13.9. The molecule has 0 bridgehead atoms. The SMILES string of the molecule is COC(=O)c1ccc(NCCc2noc(C)n2)c(N)c1. The summed E-state index contributed by atoms with van der Waals surface area (Å²) in [6.45, 7) is 2.36. The number of aromatic nitrogens is 2. The summed E-state index contributed by atoms with van der Waals surface area (Å²) in [7, 11) is 1.33. The van der Waals surface area contributed by atoms with E-state index in [1.807, 2.05) is 0 Å². The van der Waals surface area contributed by atoms with Crippen LogP contribution in [-0.4, -0.2) is 29.8 Å². The van der Waals surface area contributed by atoms with Crippen LogP contribution in [-0.2, 0) is 11.2 Å². The second-order valence-electron chi connectivity index (χ2n) is 4.20. The lowest BCUT2D eigenvalue weighted by Crippen LogP contribution is -2.09. The molecular weight excluding hydrogens is 260 g/mol. The van der Waals surface area contributed by atoms with E-state index in [2.05, 4.69) is 20.2 Å². The molecule has 7 heteroatoms. The maximum atomic E-state index is 11.4. The fraction of sp³-hybridized carbons (Fsp3) is 0.308. The molecule has 0 radical (unpaired) electrons. The van der Waals surface area contributed by atoms with Gasteiger partial charge in [-0.15, -0.1) is 0 Å². The first-order valence-electron chi connectivity index (χ1n) is 6.11. The Balaban J connectivity index is 1.94. The van der Waals surface area contributed by atoms with Crippen LogP contribution in [0.5, 0.6) is 0 Å². The van der Waals surface area contributed by atoms with E-state index in [9.17, 15) is 4.79 Å². The number of hydrogen-bond acceptors (Lipinski definition) is 7. The molecule has 0 aliphatic rings. The maximum Gasteiger partial charge on any atom is 0.337 e. The van der Waals surface area contributed by atoms with Crippen LogP contribution in [0.2, 0.25) is 0 Å². The van der Waals surface area contributed by atoms with E-state index in [1.54, 1.807) is 25.1 Å². The minimum absolute atomic E-state index is 0.412. The minimum atomic E-state index is -0.412. The summed E-state index contributed by atoms with van der Waals surface area (Å²) < 4.78 is 9.51. The average Bonchev–Trinajstić information content (AvgIpc) is 2.85. The Hall–Kier alpha value is -2.57. The van der Waals surface area contributed by atoms with E-state index < -0.39 is 5.97 Å². The highest BCUT2D eigenvalue weighted by atomic mass is 16.5. The molecule has 0 aliphatic heterocycles. The number of nitrogens with one attached hydrogen (secondary N) is 1. The highest BCUT2D eigenvalue weighted by molar-refractivity contribution is 5.91. The van der Waals surface area contributed by atoms with Gasteiger partial charge in [0.05, 0.1) is 24.0 Å². The van der Waals surface area contributed by atoms with Gasteiger partial charge in [-0.1, -0.05) is 5.16 Å². The van der Waals surface area contributed by atoms with Crippen LogP contribution in [0, 0.1) is 6.92 Å². The summed E-state index contributed by atoms with van der Waals surface area (Å²) in [6.07, 6.45) is 0.621. The van der Waals surface area contributed by atoms with Gasteiger partial charge >= 0.3 is 5.97 Å². The molecule has 0 spiro atoms. The van der Waals surface area contributed by atoms with Gasteiger partial charge in [-0.3, -0.25) is 0 Å². The van der Waals surface area contributed by atoms with Crippen LogP contribution in [0.15, 0.2) is 22.7 Å². The van der Waals surface area contributed by atoms with Gasteiger partial charge in [0.15, 0.2) is 5.82 Å². The number of esters is 1. The molecule has 0 saturated carbocycles. The number of nitrogens with zero attached hydrogens (tertiary/aromatic N) is 2. The smallest absolute Gasteiger partial charge is 0.337 e. The Bertz CT molecular complexity index is 609. The average molecular weight is 276 g/mol. The number of ether oxygens (including phenoxy) is 1. The van der Waals surface area contributed by atoms with Gasteiger partial charge in [-0.05, 0) is 18.2 Å². The standard InChI is InChI=1S/C13H16N4O3/c1-8-16-12(17-20-8)5-6-15-11-4-3-9(7-10(11)14)13(18)19-2/h3-4,7,15H,5-6,14H2,1-2H3. The Kier molecular flexibility index (Phi) is 4.19. The number of hydrogen-bond donors (Lipinski definition) is 2. The second kappa shape index (κ2) is 6.05. The van der Waals surface area contributed by atoms with Gasteiger partial charge in [0.1, 0.15) is 0 Å². The van der Waals surface area contributed by atoms with Crippen LogP contribution < -0.4 is 11.1 Å². The second-order valence-corrected chi connectivity index (χ2v) is 4.20. The molecular formula is C13H16N4O3. The number of carbonyl (C=O) groups is 1. The van der Waals surface area contributed by atoms with Crippen molar-refractivity contribution >= 4 is 17.3 Å². The molecule has 7 nitrogen and oxygen atoms in total. The molecule has 0 atom stereocenters. The number of nitrogen functional groups attached to an aromatic ring is 1. The van der Waals surface area contributed by atoms with Gasteiger partial charge in [-0.25, -0.2) is 4.79 Å².